The van der Waals surface area contributed by atoms with E-state index in [1.165, 1.54) is 0 Å². The van der Waals surface area contributed by atoms with Gasteiger partial charge in [0.25, 0.3) is 5.89 Å². The Hall–Kier alpha value is -2.67. The molecule has 2 aromatic heterocycles. The topological polar surface area (TPSA) is 93.3 Å². The molecule has 0 unspecified atom stereocenters. The van der Waals surface area contributed by atoms with Crippen molar-refractivity contribution in [2.75, 3.05) is 11.9 Å². The molecular weight excluding hydrogens is 368 g/mol. The second-order valence-electron chi connectivity index (χ2n) is 8.75. The first-order valence-electron chi connectivity index (χ1n) is 10.1. The molecule has 154 valence electrons. The number of hydrogen-bond acceptors (Lipinski definition) is 7. The minimum absolute atomic E-state index is 0.101. The van der Waals surface area contributed by atoms with Gasteiger partial charge in [-0.05, 0) is 61.4 Å². The van der Waals surface area contributed by atoms with Crippen molar-refractivity contribution < 1.29 is 14.3 Å². The predicted molar refractivity (Wildman–Crippen MR) is 112 cm³/mol. The monoisotopic (exact) mass is 396 g/mol. The Kier molecular flexibility index (Phi) is 4.94. The molecule has 1 fully saturated rings. The smallest absolute Gasteiger partial charge is 0.316 e. The average molecular weight is 396 g/mol. The van der Waals surface area contributed by atoms with Gasteiger partial charge in [0.15, 0.2) is 0 Å². The van der Waals surface area contributed by atoms with Crippen LogP contribution in [0, 0.1) is 6.92 Å². The fourth-order valence-electron chi connectivity index (χ4n) is 3.66. The first-order valence-corrected chi connectivity index (χ1v) is 10.1. The number of aromatic nitrogens is 3. The molecule has 29 heavy (non-hydrogen) atoms. The zero-order valence-electron chi connectivity index (χ0n) is 17.6. The molecular formula is C22H28N4O3. The number of ether oxygens (including phenoxy) is 1. The summed E-state index contributed by atoms with van der Waals surface area (Å²) in [5.41, 5.74) is 3.66. The van der Waals surface area contributed by atoms with Crippen LogP contribution in [0.4, 0.5) is 6.01 Å². The van der Waals surface area contributed by atoms with Crippen molar-refractivity contribution in [2.24, 2.45) is 0 Å². The molecule has 7 nitrogen and oxygen atoms in total. The molecule has 7 heteroatoms. The van der Waals surface area contributed by atoms with Crippen LogP contribution in [0.15, 0.2) is 22.6 Å². The highest BCUT2D eigenvalue weighted by molar-refractivity contribution is 5.89. The van der Waals surface area contributed by atoms with E-state index in [4.69, 9.17) is 14.1 Å². The van der Waals surface area contributed by atoms with Crippen molar-refractivity contribution in [1.82, 2.24) is 15.2 Å². The molecule has 0 spiro atoms. The number of aliphatic hydroxyl groups excluding tert-OH is 1. The highest BCUT2D eigenvalue weighted by Gasteiger charge is 2.28. The van der Waals surface area contributed by atoms with Gasteiger partial charge in [-0.15, -0.1) is 5.10 Å². The van der Waals surface area contributed by atoms with E-state index in [0.29, 0.717) is 37.0 Å². The summed E-state index contributed by atoms with van der Waals surface area (Å²) in [6.45, 7) is 11.2. The van der Waals surface area contributed by atoms with Gasteiger partial charge in [0.05, 0.1) is 18.2 Å². The van der Waals surface area contributed by atoms with E-state index in [-0.39, 0.29) is 17.6 Å². The van der Waals surface area contributed by atoms with Gasteiger partial charge in [0, 0.05) is 11.4 Å². The molecule has 0 saturated heterocycles. The van der Waals surface area contributed by atoms with Gasteiger partial charge in [-0.2, -0.15) is 0 Å². The summed E-state index contributed by atoms with van der Waals surface area (Å²) in [5, 5.41) is 21.9. The van der Waals surface area contributed by atoms with Crippen molar-refractivity contribution in [2.45, 2.75) is 65.0 Å². The lowest BCUT2D eigenvalue weighted by Crippen LogP contribution is -2.39. The third-order valence-electron chi connectivity index (χ3n) is 5.30. The van der Waals surface area contributed by atoms with E-state index >= 15 is 0 Å². The Morgan fingerprint density at radius 1 is 1.21 bits per heavy atom. The van der Waals surface area contributed by atoms with Crippen LogP contribution < -0.4 is 10.1 Å². The highest BCUT2D eigenvalue weighted by Crippen LogP contribution is 2.36. The van der Waals surface area contributed by atoms with Gasteiger partial charge in [-0.1, -0.05) is 25.9 Å². The van der Waals surface area contributed by atoms with Crippen molar-refractivity contribution in [3.63, 3.8) is 0 Å². The summed E-state index contributed by atoms with van der Waals surface area (Å²) in [4.78, 5) is 4.89. The fraction of sp³-hybridized carbons (Fsp3) is 0.500. The summed E-state index contributed by atoms with van der Waals surface area (Å²) in [7, 11) is 0. The van der Waals surface area contributed by atoms with Gasteiger partial charge >= 0.3 is 6.01 Å². The van der Waals surface area contributed by atoms with Gasteiger partial charge < -0.3 is 19.6 Å². The maximum Gasteiger partial charge on any atom is 0.316 e. The SMILES string of the molecule is CCOc1cc(C(C)(C)C)c2nc(-c3nnc(N[C@H]4C[C@H](O)C4)o3)cc(C)c2c1. The largest absolute Gasteiger partial charge is 0.494 e. The van der Waals surface area contributed by atoms with Crippen LogP contribution in [0.25, 0.3) is 22.5 Å². The Morgan fingerprint density at radius 3 is 2.62 bits per heavy atom. The Morgan fingerprint density at radius 2 is 1.97 bits per heavy atom. The van der Waals surface area contributed by atoms with E-state index in [1.807, 2.05) is 19.1 Å². The zero-order chi connectivity index (χ0) is 20.8. The minimum Gasteiger partial charge on any atom is -0.494 e. The Labute approximate surface area is 170 Å². The second kappa shape index (κ2) is 7.30. The van der Waals surface area contributed by atoms with Crippen molar-refractivity contribution in [3.05, 3.63) is 29.3 Å². The number of nitrogens with zero attached hydrogens (tertiary/aromatic N) is 3. The minimum atomic E-state index is -0.239. The second-order valence-corrected chi connectivity index (χ2v) is 8.75. The number of benzene rings is 1. The van der Waals surface area contributed by atoms with Crippen molar-refractivity contribution in [1.29, 1.82) is 0 Å². The first-order chi connectivity index (χ1) is 13.7. The average Bonchev–Trinajstić information content (AvgIpc) is 3.08. The normalized spacial score (nSPS) is 19.2. The number of aliphatic hydroxyl groups is 1. The summed E-state index contributed by atoms with van der Waals surface area (Å²) < 4.78 is 11.6. The van der Waals surface area contributed by atoms with Crippen LogP contribution in [0.5, 0.6) is 5.75 Å². The summed E-state index contributed by atoms with van der Waals surface area (Å²) in [5.74, 6) is 1.24. The number of rotatable bonds is 5. The zero-order valence-corrected chi connectivity index (χ0v) is 17.6. The number of hydrogen-bond donors (Lipinski definition) is 2. The Bertz CT molecular complexity index is 1030. The maximum absolute atomic E-state index is 9.43. The lowest BCUT2D eigenvalue weighted by molar-refractivity contribution is 0.0828. The number of fused-ring (bicyclic) bond motifs is 1. The van der Waals surface area contributed by atoms with Crippen LogP contribution in [0.1, 0.15) is 51.7 Å². The summed E-state index contributed by atoms with van der Waals surface area (Å²) >= 11 is 0. The number of nitrogens with one attached hydrogen (secondary N) is 1. The molecule has 0 atom stereocenters. The molecule has 0 radical (unpaired) electrons. The molecule has 0 bridgehead atoms. The van der Waals surface area contributed by atoms with Gasteiger partial charge in [0.2, 0.25) is 0 Å². The lowest BCUT2D eigenvalue weighted by atomic mass is 9.84. The van der Waals surface area contributed by atoms with E-state index in [0.717, 1.165) is 27.8 Å². The molecule has 1 aromatic carbocycles. The lowest BCUT2D eigenvalue weighted by Gasteiger charge is -2.30. The van der Waals surface area contributed by atoms with Crippen LogP contribution in [0.2, 0.25) is 0 Å². The molecule has 1 aliphatic rings. The predicted octanol–water partition coefficient (Wildman–Crippen LogP) is 4.22. The van der Waals surface area contributed by atoms with E-state index in [9.17, 15) is 5.11 Å². The Balaban J connectivity index is 1.75. The van der Waals surface area contributed by atoms with Crippen LogP contribution in [0.3, 0.4) is 0 Å². The number of pyridine rings is 1. The summed E-state index contributed by atoms with van der Waals surface area (Å²) in [6.07, 6.45) is 1.15. The summed E-state index contributed by atoms with van der Waals surface area (Å²) in [6, 6.07) is 6.62. The van der Waals surface area contributed by atoms with Crippen LogP contribution >= 0.6 is 0 Å². The van der Waals surface area contributed by atoms with Gasteiger partial charge in [-0.3, -0.25) is 0 Å². The van der Waals surface area contributed by atoms with Crippen molar-refractivity contribution >= 4 is 16.9 Å². The molecule has 0 amide bonds. The molecule has 0 aliphatic heterocycles. The molecule has 1 aliphatic carbocycles. The van der Waals surface area contributed by atoms with Gasteiger partial charge in [-0.25, -0.2) is 4.98 Å². The number of aryl methyl sites for hydroxylation is 1. The maximum atomic E-state index is 9.43. The third-order valence-corrected chi connectivity index (χ3v) is 5.30. The fourth-order valence-corrected chi connectivity index (χ4v) is 3.66. The van der Waals surface area contributed by atoms with E-state index in [1.54, 1.807) is 0 Å². The third kappa shape index (κ3) is 3.92. The standard InChI is InChI=1S/C22H28N4O3/c1-6-28-15-10-16-12(2)7-18(24-19(16)17(11-15)22(3,4)5)20-25-26-21(29-20)23-13-8-14(27)9-13/h7,10-11,13-14,27H,6,8-9H2,1-5H3,(H,23,26)/t13-,14-. The molecule has 3 aromatic rings. The molecule has 2 heterocycles. The van der Waals surface area contributed by atoms with Crippen LogP contribution in [-0.2, 0) is 5.41 Å². The van der Waals surface area contributed by atoms with Crippen LogP contribution in [-0.4, -0.2) is 39.0 Å². The molecule has 1 saturated carbocycles. The van der Waals surface area contributed by atoms with Crippen molar-refractivity contribution in [3.8, 4) is 17.3 Å². The van der Waals surface area contributed by atoms with E-state index in [2.05, 4.69) is 49.3 Å². The molecule has 4 rings (SSSR count). The number of anilines is 1. The molecule has 2 N–H and O–H groups in total. The first kappa shape index (κ1) is 19.6. The van der Waals surface area contributed by atoms with E-state index < -0.39 is 0 Å². The highest BCUT2D eigenvalue weighted by atomic mass is 16.5. The van der Waals surface area contributed by atoms with Gasteiger partial charge in [0.1, 0.15) is 11.4 Å². The quantitative estimate of drug-likeness (QED) is 0.667.